The van der Waals surface area contributed by atoms with Crippen LogP contribution in [0.15, 0.2) is 0 Å². The molecule has 0 aliphatic carbocycles. The van der Waals surface area contributed by atoms with Gasteiger partial charge in [-0.25, -0.2) is 0 Å². The van der Waals surface area contributed by atoms with Crippen molar-refractivity contribution < 1.29 is 0 Å². The van der Waals surface area contributed by atoms with E-state index < -0.39 is 0 Å². The van der Waals surface area contributed by atoms with E-state index in [0.29, 0.717) is 6.04 Å². The van der Waals surface area contributed by atoms with Crippen molar-refractivity contribution in [3.05, 3.63) is 0 Å². The number of rotatable bonds is 5. The maximum absolute atomic E-state index is 5.62. The number of nitrogens with one attached hydrogen (secondary N) is 1. The van der Waals surface area contributed by atoms with E-state index in [1.54, 1.807) is 0 Å². The number of nitrogens with two attached hydrogens (primary N) is 1. The third-order valence-electron chi connectivity index (χ3n) is 1.57. The molecule has 0 aliphatic rings. The van der Waals surface area contributed by atoms with E-state index in [1.807, 2.05) is 6.92 Å². The first-order valence-electron chi connectivity index (χ1n) is 3.73. The average molecular weight is 165 g/mol. The fraction of sp³-hybridized carbons (Fsp3) is 1.00. The molecule has 0 spiro atoms. The minimum atomic E-state index is 0.218. The van der Waals surface area contributed by atoms with Crippen molar-refractivity contribution in [2.24, 2.45) is 5.73 Å². The van der Waals surface area contributed by atoms with Crippen molar-refractivity contribution in [1.29, 1.82) is 0 Å². The summed E-state index contributed by atoms with van der Waals surface area (Å²) in [5.41, 5.74) is 5.62. The molecule has 3 N–H and O–H groups in total. The maximum Gasteiger partial charge on any atom is 0.0235 e. The van der Waals surface area contributed by atoms with Crippen LogP contribution >= 0.6 is 11.6 Å². The summed E-state index contributed by atoms with van der Waals surface area (Å²) < 4.78 is 0. The molecule has 1 unspecified atom stereocenters. The van der Waals surface area contributed by atoms with Gasteiger partial charge in [0.2, 0.25) is 0 Å². The van der Waals surface area contributed by atoms with E-state index in [0.717, 1.165) is 18.8 Å². The van der Waals surface area contributed by atoms with Crippen molar-refractivity contribution in [3.63, 3.8) is 0 Å². The topological polar surface area (TPSA) is 38.0 Å². The van der Waals surface area contributed by atoms with Gasteiger partial charge in [0.25, 0.3) is 0 Å². The third kappa shape index (κ3) is 5.03. The van der Waals surface area contributed by atoms with Gasteiger partial charge in [-0.2, -0.15) is 0 Å². The maximum atomic E-state index is 5.62. The molecule has 0 saturated carbocycles. The highest BCUT2D eigenvalue weighted by atomic mass is 35.5. The molecule has 62 valence electrons. The van der Waals surface area contributed by atoms with Gasteiger partial charge in [0.05, 0.1) is 0 Å². The lowest BCUT2D eigenvalue weighted by molar-refractivity contribution is 0.479. The predicted molar refractivity (Wildman–Crippen MR) is 46.5 cm³/mol. The van der Waals surface area contributed by atoms with Crippen LogP contribution < -0.4 is 11.1 Å². The van der Waals surface area contributed by atoms with Gasteiger partial charge in [-0.1, -0.05) is 0 Å². The molecular weight excluding hydrogens is 148 g/mol. The predicted octanol–water partition coefficient (Wildman–Crippen LogP) is 0.941. The van der Waals surface area contributed by atoms with Gasteiger partial charge in [-0.3, -0.25) is 0 Å². The largest absolute Gasteiger partial charge is 0.327 e. The SMILES string of the molecule is CC(N)[C@@H](C)NCCCCl. The molecule has 0 aliphatic heterocycles. The lowest BCUT2D eigenvalue weighted by atomic mass is 10.2. The van der Waals surface area contributed by atoms with Crippen LogP contribution in [0, 0.1) is 0 Å². The van der Waals surface area contributed by atoms with E-state index in [2.05, 4.69) is 12.2 Å². The summed E-state index contributed by atoms with van der Waals surface area (Å²) in [6, 6.07) is 0.610. The van der Waals surface area contributed by atoms with Crippen LogP contribution in [0.25, 0.3) is 0 Å². The van der Waals surface area contributed by atoms with Crippen molar-refractivity contribution in [3.8, 4) is 0 Å². The number of halogens is 1. The van der Waals surface area contributed by atoms with Gasteiger partial charge in [0.15, 0.2) is 0 Å². The Labute approximate surface area is 68.1 Å². The summed E-state index contributed by atoms with van der Waals surface area (Å²) in [7, 11) is 0. The van der Waals surface area contributed by atoms with Gasteiger partial charge < -0.3 is 11.1 Å². The van der Waals surface area contributed by atoms with Gasteiger partial charge in [0.1, 0.15) is 0 Å². The zero-order valence-electron chi connectivity index (χ0n) is 6.73. The van der Waals surface area contributed by atoms with Gasteiger partial charge in [-0.05, 0) is 26.8 Å². The van der Waals surface area contributed by atoms with E-state index in [4.69, 9.17) is 17.3 Å². The molecule has 10 heavy (non-hydrogen) atoms. The number of hydrogen-bond acceptors (Lipinski definition) is 2. The molecular formula is C7H17ClN2. The Hall–Kier alpha value is 0.210. The molecule has 0 amide bonds. The van der Waals surface area contributed by atoms with Crippen molar-refractivity contribution >= 4 is 11.6 Å². The van der Waals surface area contributed by atoms with Crippen LogP contribution in [0.5, 0.6) is 0 Å². The molecule has 0 saturated heterocycles. The second-order valence-corrected chi connectivity index (χ2v) is 3.02. The van der Waals surface area contributed by atoms with Crippen molar-refractivity contribution in [2.75, 3.05) is 12.4 Å². The summed E-state index contributed by atoms with van der Waals surface area (Å²) in [4.78, 5) is 0. The van der Waals surface area contributed by atoms with E-state index in [1.165, 1.54) is 0 Å². The van der Waals surface area contributed by atoms with Crippen molar-refractivity contribution in [2.45, 2.75) is 32.4 Å². The molecule has 0 rings (SSSR count). The zero-order chi connectivity index (χ0) is 7.98. The Morgan fingerprint density at radius 1 is 1.50 bits per heavy atom. The summed E-state index contributed by atoms with van der Waals surface area (Å²) in [5, 5.41) is 3.27. The zero-order valence-corrected chi connectivity index (χ0v) is 7.49. The molecule has 0 heterocycles. The number of hydrogen-bond donors (Lipinski definition) is 2. The fourth-order valence-corrected chi connectivity index (χ4v) is 0.716. The first-order valence-corrected chi connectivity index (χ1v) is 4.27. The highest BCUT2D eigenvalue weighted by Gasteiger charge is 2.04. The summed E-state index contributed by atoms with van der Waals surface area (Å²) in [6.45, 7) is 5.05. The Kier molecular flexibility index (Phi) is 6.08. The van der Waals surface area contributed by atoms with E-state index in [9.17, 15) is 0 Å². The van der Waals surface area contributed by atoms with Crippen LogP contribution in [0.3, 0.4) is 0 Å². The molecule has 2 nitrogen and oxygen atoms in total. The first-order chi connectivity index (χ1) is 4.68. The highest BCUT2D eigenvalue weighted by Crippen LogP contribution is 1.88. The fourth-order valence-electron chi connectivity index (χ4n) is 0.582. The van der Waals surface area contributed by atoms with Crippen LogP contribution in [0.1, 0.15) is 20.3 Å². The minimum absolute atomic E-state index is 0.218. The van der Waals surface area contributed by atoms with E-state index >= 15 is 0 Å². The molecule has 0 bridgehead atoms. The monoisotopic (exact) mass is 164 g/mol. The molecule has 2 atom stereocenters. The molecule has 0 aromatic heterocycles. The Bertz CT molecular complexity index is 76.0. The quantitative estimate of drug-likeness (QED) is 0.469. The van der Waals surface area contributed by atoms with Gasteiger partial charge in [0, 0.05) is 18.0 Å². The molecule has 0 aromatic carbocycles. The smallest absolute Gasteiger partial charge is 0.0235 e. The Morgan fingerprint density at radius 2 is 2.10 bits per heavy atom. The molecule has 3 heteroatoms. The Morgan fingerprint density at radius 3 is 2.50 bits per heavy atom. The van der Waals surface area contributed by atoms with Crippen LogP contribution in [0.2, 0.25) is 0 Å². The van der Waals surface area contributed by atoms with Gasteiger partial charge in [-0.15, -0.1) is 11.6 Å². The standard InChI is InChI=1S/C7H17ClN2/c1-6(9)7(2)10-5-3-4-8/h6-7,10H,3-5,9H2,1-2H3/t6?,7-/m1/s1. The summed E-state index contributed by atoms with van der Waals surface area (Å²) in [5.74, 6) is 0.721. The van der Waals surface area contributed by atoms with Crippen molar-refractivity contribution in [1.82, 2.24) is 5.32 Å². The highest BCUT2D eigenvalue weighted by molar-refractivity contribution is 6.17. The van der Waals surface area contributed by atoms with E-state index in [-0.39, 0.29) is 6.04 Å². The molecule has 0 fully saturated rings. The second kappa shape index (κ2) is 5.96. The molecule has 0 radical (unpaired) electrons. The van der Waals surface area contributed by atoms with Crippen LogP contribution in [0.4, 0.5) is 0 Å². The second-order valence-electron chi connectivity index (χ2n) is 2.64. The third-order valence-corrected chi connectivity index (χ3v) is 1.83. The lowest BCUT2D eigenvalue weighted by Gasteiger charge is -2.16. The van der Waals surface area contributed by atoms with Gasteiger partial charge >= 0.3 is 0 Å². The Balaban J connectivity index is 3.13. The van der Waals surface area contributed by atoms with Crippen LogP contribution in [-0.4, -0.2) is 24.5 Å². The average Bonchev–Trinajstić information content (AvgIpc) is 1.88. The summed E-state index contributed by atoms with van der Waals surface area (Å²) >= 11 is 5.49. The minimum Gasteiger partial charge on any atom is -0.327 e. The summed E-state index contributed by atoms with van der Waals surface area (Å²) in [6.07, 6.45) is 1.01. The lowest BCUT2D eigenvalue weighted by Crippen LogP contribution is -2.41. The van der Waals surface area contributed by atoms with Crippen LogP contribution in [-0.2, 0) is 0 Å². The normalized spacial score (nSPS) is 16.8. The number of alkyl halides is 1. The molecule has 0 aromatic rings. The first kappa shape index (κ1) is 10.2.